The Morgan fingerprint density at radius 2 is 0.726 bits per heavy atom. The molecule has 11 rings (SSSR count). The minimum absolute atomic E-state index is 0.649. The van der Waals surface area contributed by atoms with Gasteiger partial charge in [-0.2, -0.15) is 5.26 Å². The molecule has 0 aliphatic carbocycles. The van der Waals surface area contributed by atoms with Gasteiger partial charge in [0.15, 0.2) is 5.82 Å². The van der Waals surface area contributed by atoms with Crippen LogP contribution in [-0.4, -0.2) is 9.97 Å². The molecule has 0 unspecified atom stereocenters. The number of fused-ring (bicyclic) bond motifs is 4. The largest absolute Gasteiger partial charge is 0.228 e. The summed E-state index contributed by atoms with van der Waals surface area (Å²) in [5.41, 5.74) is 14.7. The van der Waals surface area contributed by atoms with Gasteiger partial charge >= 0.3 is 0 Å². The fraction of sp³-hybridized carbons (Fsp3) is 0. The molecule has 10 aromatic carbocycles. The number of aromatic nitrogens is 2. The third kappa shape index (κ3) is 6.67. The van der Waals surface area contributed by atoms with Gasteiger partial charge in [0.05, 0.1) is 23.0 Å². The van der Waals surface area contributed by atoms with E-state index in [-0.39, 0.29) is 0 Å². The highest BCUT2D eigenvalue weighted by atomic mass is 14.9. The third-order valence-electron chi connectivity index (χ3n) is 12.0. The van der Waals surface area contributed by atoms with Gasteiger partial charge in [0.2, 0.25) is 0 Å². The van der Waals surface area contributed by atoms with E-state index in [0.29, 0.717) is 11.4 Å². The Bertz CT molecular complexity index is 3460. The standard InChI is InChI=1S/C59H37N3/c60-38-39-19-21-40(22-20-39)41-23-29-45(30-24-41)54-37-55(62-59(61-54)49-14-5-2-6-15-49)46-31-25-42(26-32-46)43-27-33-48(34-28-43)57-52-18-10-9-17-51(52)56(47-12-3-1-4-13-47)53-36-35-44-11-7-8-16-50(44)58(53)57/h1-37H. The Morgan fingerprint density at radius 1 is 0.306 bits per heavy atom. The van der Waals surface area contributed by atoms with Gasteiger partial charge in [0, 0.05) is 16.7 Å². The number of benzene rings is 10. The zero-order valence-electron chi connectivity index (χ0n) is 33.7. The van der Waals surface area contributed by atoms with Crippen LogP contribution in [0.3, 0.4) is 0 Å². The zero-order valence-corrected chi connectivity index (χ0v) is 33.7. The highest BCUT2D eigenvalue weighted by molar-refractivity contribution is 6.27. The van der Waals surface area contributed by atoms with E-state index in [0.717, 1.165) is 50.3 Å². The lowest BCUT2D eigenvalue weighted by atomic mass is 9.84. The molecule has 0 N–H and O–H groups in total. The Kier molecular flexibility index (Phi) is 9.23. The van der Waals surface area contributed by atoms with E-state index >= 15 is 0 Å². The minimum Gasteiger partial charge on any atom is -0.228 e. The predicted molar refractivity (Wildman–Crippen MR) is 257 cm³/mol. The fourth-order valence-electron chi connectivity index (χ4n) is 8.86. The van der Waals surface area contributed by atoms with Crippen molar-refractivity contribution in [1.82, 2.24) is 9.97 Å². The fourth-order valence-corrected chi connectivity index (χ4v) is 8.86. The van der Waals surface area contributed by atoms with Gasteiger partial charge < -0.3 is 0 Å². The molecule has 0 radical (unpaired) electrons. The van der Waals surface area contributed by atoms with Crippen LogP contribution >= 0.6 is 0 Å². The molecule has 3 heteroatoms. The van der Waals surface area contributed by atoms with Gasteiger partial charge in [-0.05, 0) is 95.0 Å². The lowest BCUT2D eigenvalue weighted by Crippen LogP contribution is -1.96. The van der Waals surface area contributed by atoms with Crippen LogP contribution in [0.1, 0.15) is 5.56 Å². The molecule has 0 aliphatic rings. The molecule has 288 valence electrons. The molecular weight excluding hydrogens is 751 g/mol. The highest BCUT2D eigenvalue weighted by Crippen LogP contribution is 2.46. The Balaban J connectivity index is 0.963. The summed E-state index contributed by atoms with van der Waals surface area (Å²) in [5.74, 6) is 0.679. The van der Waals surface area contributed by atoms with Crippen molar-refractivity contribution in [3.63, 3.8) is 0 Å². The predicted octanol–water partition coefficient (Wildman–Crippen LogP) is 15.5. The summed E-state index contributed by atoms with van der Waals surface area (Å²) in [5, 5.41) is 16.7. The number of rotatable bonds is 7. The maximum absolute atomic E-state index is 9.23. The summed E-state index contributed by atoms with van der Waals surface area (Å²) < 4.78 is 0. The van der Waals surface area contributed by atoms with Crippen LogP contribution < -0.4 is 0 Å². The van der Waals surface area contributed by atoms with Crippen LogP contribution in [-0.2, 0) is 0 Å². The Hall–Kier alpha value is -8.45. The van der Waals surface area contributed by atoms with Crippen molar-refractivity contribution in [2.45, 2.75) is 0 Å². The first-order valence-corrected chi connectivity index (χ1v) is 20.9. The molecule has 0 amide bonds. The van der Waals surface area contributed by atoms with Crippen LogP contribution in [0.5, 0.6) is 0 Å². The van der Waals surface area contributed by atoms with Crippen LogP contribution in [0.25, 0.3) is 111 Å². The second-order valence-corrected chi connectivity index (χ2v) is 15.6. The minimum atomic E-state index is 0.649. The summed E-state index contributed by atoms with van der Waals surface area (Å²) in [6.45, 7) is 0. The van der Waals surface area contributed by atoms with Crippen molar-refractivity contribution in [2.24, 2.45) is 0 Å². The number of hydrogen-bond acceptors (Lipinski definition) is 3. The molecule has 0 saturated heterocycles. The molecule has 0 aliphatic heterocycles. The quantitative estimate of drug-likeness (QED) is 0.119. The summed E-state index contributed by atoms with van der Waals surface area (Å²) >= 11 is 0. The van der Waals surface area contributed by atoms with E-state index in [1.165, 1.54) is 54.6 Å². The monoisotopic (exact) mass is 787 g/mol. The molecule has 0 saturated carbocycles. The van der Waals surface area contributed by atoms with Gasteiger partial charge in [0.25, 0.3) is 0 Å². The third-order valence-corrected chi connectivity index (χ3v) is 12.0. The lowest BCUT2D eigenvalue weighted by Gasteiger charge is -2.19. The number of nitriles is 1. The SMILES string of the molecule is N#Cc1ccc(-c2ccc(-c3cc(-c4ccc(-c5ccc(-c6c7ccccc7c(-c7ccccc7)c7ccc8ccccc8c67)cc5)cc4)nc(-c4ccccc4)n3)cc2)cc1. The second-order valence-electron chi connectivity index (χ2n) is 15.6. The van der Waals surface area contributed by atoms with Crippen molar-refractivity contribution in [1.29, 1.82) is 5.26 Å². The van der Waals surface area contributed by atoms with Crippen molar-refractivity contribution in [2.75, 3.05) is 0 Å². The molecule has 62 heavy (non-hydrogen) atoms. The maximum atomic E-state index is 9.23. The topological polar surface area (TPSA) is 49.6 Å². The van der Waals surface area contributed by atoms with Crippen LogP contribution in [0.2, 0.25) is 0 Å². The zero-order chi connectivity index (χ0) is 41.4. The molecule has 1 aromatic heterocycles. The summed E-state index contributed by atoms with van der Waals surface area (Å²) in [4.78, 5) is 10.1. The summed E-state index contributed by atoms with van der Waals surface area (Å²) in [6.07, 6.45) is 0. The van der Waals surface area contributed by atoms with Gasteiger partial charge in [-0.3, -0.25) is 0 Å². The van der Waals surface area contributed by atoms with Crippen molar-refractivity contribution in [3.05, 3.63) is 230 Å². The van der Waals surface area contributed by atoms with E-state index in [9.17, 15) is 5.26 Å². The van der Waals surface area contributed by atoms with E-state index in [1.807, 2.05) is 42.5 Å². The van der Waals surface area contributed by atoms with E-state index in [1.54, 1.807) is 0 Å². The molecule has 0 fully saturated rings. The molecule has 3 nitrogen and oxygen atoms in total. The highest BCUT2D eigenvalue weighted by Gasteiger charge is 2.19. The average Bonchev–Trinajstić information content (AvgIpc) is 3.36. The van der Waals surface area contributed by atoms with Crippen LogP contribution in [0, 0.1) is 11.3 Å². The van der Waals surface area contributed by atoms with Gasteiger partial charge in [-0.1, -0.05) is 206 Å². The summed E-state index contributed by atoms with van der Waals surface area (Å²) in [6, 6.07) is 81.2. The first kappa shape index (κ1) is 36.6. The normalized spacial score (nSPS) is 11.2. The maximum Gasteiger partial charge on any atom is 0.160 e. The van der Waals surface area contributed by atoms with Crippen LogP contribution in [0.15, 0.2) is 224 Å². The van der Waals surface area contributed by atoms with Gasteiger partial charge in [-0.25, -0.2) is 9.97 Å². The van der Waals surface area contributed by atoms with E-state index < -0.39 is 0 Å². The molecule has 11 aromatic rings. The first-order chi connectivity index (χ1) is 30.7. The van der Waals surface area contributed by atoms with Crippen molar-refractivity contribution >= 4 is 32.3 Å². The Labute approximate surface area is 360 Å². The molecule has 0 spiro atoms. The van der Waals surface area contributed by atoms with E-state index in [2.05, 4.69) is 188 Å². The smallest absolute Gasteiger partial charge is 0.160 e. The number of nitrogens with zero attached hydrogens (tertiary/aromatic N) is 3. The Morgan fingerprint density at radius 3 is 1.27 bits per heavy atom. The lowest BCUT2D eigenvalue weighted by molar-refractivity contribution is 1.18. The molecule has 1 heterocycles. The van der Waals surface area contributed by atoms with Crippen molar-refractivity contribution < 1.29 is 0 Å². The number of hydrogen-bond donors (Lipinski definition) is 0. The van der Waals surface area contributed by atoms with Gasteiger partial charge in [-0.15, -0.1) is 0 Å². The molecule has 0 atom stereocenters. The van der Waals surface area contributed by atoms with Gasteiger partial charge in [0.1, 0.15) is 0 Å². The molecular formula is C59H37N3. The molecule has 0 bridgehead atoms. The summed E-state index contributed by atoms with van der Waals surface area (Å²) in [7, 11) is 0. The average molecular weight is 788 g/mol. The first-order valence-electron chi connectivity index (χ1n) is 20.9. The van der Waals surface area contributed by atoms with E-state index in [4.69, 9.17) is 9.97 Å². The van der Waals surface area contributed by atoms with Crippen LogP contribution in [0.4, 0.5) is 0 Å². The van der Waals surface area contributed by atoms with Crippen molar-refractivity contribution in [3.8, 4) is 84.5 Å². The second kappa shape index (κ2) is 15.6.